The summed E-state index contributed by atoms with van der Waals surface area (Å²) in [6.07, 6.45) is 0. The first-order chi connectivity index (χ1) is 7.43. The Balaban J connectivity index is 2.99. The molecule has 0 aliphatic rings. The third-order valence-corrected chi connectivity index (χ3v) is 2.79. The van der Waals surface area contributed by atoms with Gasteiger partial charge in [-0.1, -0.05) is 11.6 Å². The van der Waals surface area contributed by atoms with Crippen LogP contribution in [-0.2, 0) is 0 Å². The fourth-order valence-electron chi connectivity index (χ4n) is 1.25. The molecule has 0 heterocycles. The van der Waals surface area contributed by atoms with E-state index >= 15 is 0 Å². The van der Waals surface area contributed by atoms with Crippen LogP contribution in [0.4, 0.5) is 11.4 Å². The van der Waals surface area contributed by atoms with Crippen molar-refractivity contribution in [1.82, 2.24) is 0 Å². The lowest BCUT2D eigenvalue weighted by Gasteiger charge is -2.19. The number of nitrogens with zero attached hydrogens (tertiary/aromatic N) is 2. The van der Waals surface area contributed by atoms with E-state index in [1.54, 1.807) is 17.0 Å². The quantitative estimate of drug-likeness (QED) is 0.461. The van der Waals surface area contributed by atoms with Crippen molar-refractivity contribution in [1.29, 1.82) is 0 Å². The molecule has 0 aliphatic heterocycles. The number of benzene rings is 1. The Morgan fingerprint density at radius 1 is 1.31 bits per heavy atom. The molecule has 0 radical (unpaired) electrons. The third kappa shape index (κ3) is 2.73. The number of non-ortho nitro benzene ring substituents is 1. The molecule has 0 saturated carbocycles. The van der Waals surface area contributed by atoms with Gasteiger partial charge in [0.25, 0.3) is 5.69 Å². The molecule has 0 bridgehead atoms. The van der Waals surface area contributed by atoms with Crippen molar-refractivity contribution in [3.8, 4) is 0 Å². The first-order valence-electron chi connectivity index (χ1n) is 4.74. The van der Waals surface area contributed by atoms with Crippen LogP contribution in [-0.4, -0.2) is 12.0 Å². The van der Waals surface area contributed by atoms with E-state index in [4.69, 9.17) is 11.6 Å². The first kappa shape index (κ1) is 12.5. The molecule has 0 N–H and O–H groups in total. The zero-order chi connectivity index (χ0) is 12.3. The van der Waals surface area contributed by atoms with Gasteiger partial charge in [0.05, 0.1) is 4.92 Å². The highest BCUT2D eigenvalue weighted by Gasteiger charge is 2.09. The fraction of sp³-hybridized carbons (Fsp3) is 0.273. The predicted octanol–water partition coefficient (Wildman–Crippen LogP) is 3.52. The molecule has 0 saturated heterocycles. The molecule has 1 aromatic carbocycles. The predicted molar refractivity (Wildman–Crippen MR) is 65.7 cm³/mol. The summed E-state index contributed by atoms with van der Waals surface area (Å²) in [5.74, 6) is 0. The zero-order valence-corrected chi connectivity index (χ0v) is 10.2. The van der Waals surface area contributed by atoms with E-state index in [1.807, 2.05) is 20.9 Å². The maximum Gasteiger partial charge on any atom is 0.269 e. The van der Waals surface area contributed by atoms with E-state index in [1.165, 1.54) is 12.1 Å². The van der Waals surface area contributed by atoms with E-state index in [9.17, 15) is 10.1 Å². The van der Waals surface area contributed by atoms with Crippen molar-refractivity contribution in [2.45, 2.75) is 13.8 Å². The third-order valence-electron chi connectivity index (χ3n) is 2.15. The Hall–Kier alpha value is -1.55. The summed E-state index contributed by atoms with van der Waals surface area (Å²) in [5, 5.41) is 11.1. The van der Waals surface area contributed by atoms with Crippen LogP contribution in [0.2, 0.25) is 0 Å². The second-order valence-electron chi connectivity index (χ2n) is 3.62. The molecule has 0 aromatic heterocycles. The number of rotatable bonds is 3. The van der Waals surface area contributed by atoms with E-state index in [2.05, 4.69) is 0 Å². The number of halogens is 1. The van der Waals surface area contributed by atoms with Gasteiger partial charge in [0.2, 0.25) is 0 Å². The van der Waals surface area contributed by atoms with Gasteiger partial charge in [-0.05, 0) is 31.6 Å². The molecular formula is C11H13ClN2O2. The summed E-state index contributed by atoms with van der Waals surface area (Å²) in [4.78, 5) is 11.8. The maximum absolute atomic E-state index is 10.5. The molecule has 0 unspecified atom stereocenters. The van der Waals surface area contributed by atoms with Gasteiger partial charge in [0.15, 0.2) is 0 Å². The summed E-state index contributed by atoms with van der Waals surface area (Å²) in [6, 6.07) is 6.26. The lowest BCUT2D eigenvalue weighted by molar-refractivity contribution is -0.384. The molecule has 0 spiro atoms. The molecule has 1 rings (SSSR count). The Bertz CT molecular complexity index is 422. The minimum Gasteiger partial charge on any atom is -0.335 e. The lowest BCUT2D eigenvalue weighted by atomic mass is 10.2. The summed E-state index contributed by atoms with van der Waals surface area (Å²) in [5.41, 5.74) is 1.88. The summed E-state index contributed by atoms with van der Waals surface area (Å²) < 4.78 is 0. The first-order valence-corrected chi connectivity index (χ1v) is 5.12. The van der Waals surface area contributed by atoms with E-state index < -0.39 is 4.92 Å². The van der Waals surface area contributed by atoms with Crippen molar-refractivity contribution in [2.75, 3.05) is 11.9 Å². The Morgan fingerprint density at radius 3 is 2.19 bits per heavy atom. The second-order valence-corrected chi connectivity index (χ2v) is 3.98. The molecular weight excluding hydrogens is 228 g/mol. The van der Waals surface area contributed by atoms with Gasteiger partial charge in [-0.15, -0.1) is 0 Å². The molecule has 0 aliphatic carbocycles. The van der Waals surface area contributed by atoms with Gasteiger partial charge in [0.1, 0.15) is 5.16 Å². The van der Waals surface area contributed by atoms with Crippen molar-refractivity contribution in [2.24, 2.45) is 0 Å². The van der Waals surface area contributed by atoms with Gasteiger partial charge in [-0.25, -0.2) is 0 Å². The Labute approximate surface area is 99.3 Å². The highest BCUT2D eigenvalue weighted by atomic mass is 35.5. The number of hydrogen-bond acceptors (Lipinski definition) is 3. The maximum atomic E-state index is 10.5. The molecule has 86 valence electrons. The summed E-state index contributed by atoms with van der Waals surface area (Å²) in [7, 11) is 1.82. The van der Waals surface area contributed by atoms with Crippen LogP contribution in [0.25, 0.3) is 0 Å². The van der Waals surface area contributed by atoms with Gasteiger partial charge in [-0.3, -0.25) is 10.1 Å². The standard InChI is InChI=1S/C11H13ClN2O2/c1-8(2)11(12)13(3)9-4-6-10(7-5-9)14(15)16/h4-7H,1-3H3. The molecule has 5 heteroatoms. The minimum atomic E-state index is -0.424. The Morgan fingerprint density at radius 2 is 1.81 bits per heavy atom. The molecule has 1 aromatic rings. The smallest absolute Gasteiger partial charge is 0.269 e. The van der Waals surface area contributed by atoms with Gasteiger partial charge < -0.3 is 4.90 Å². The van der Waals surface area contributed by atoms with Crippen LogP contribution in [0, 0.1) is 10.1 Å². The van der Waals surface area contributed by atoms with Crippen molar-refractivity contribution >= 4 is 23.0 Å². The second kappa shape index (κ2) is 4.99. The van der Waals surface area contributed by atoms with E-state index in [0.717, 1.165) is 11.3 Å². The lowest BCUT2D eigenvalue weighted by Crippen LogP contribution is -2.13. The minimum absolute atomic E-state index is 0.0745. The number of nitro groups is 1. The SMILES string of the molecule is CC(C)=C(Cl)N(C)c1ccc([N+](=O)[O-])cc1. The van der Waals surface area contributed by atoms with Crippen molar-refractivity contribution in [3.63, 3.8) is 0 Å². The normalized spacial score (nSPS) is 9.75. The van der Waals surface area contributed by atoms with Gasteiger partial charge in [-0.2, -0.15) is 0 Å². The topological polar surface area (TPSA) is 46.4 Å². The Kier molecular flexibility index (Phi) is 3.90. The van der Waals surface area contributed by atoms with E-state index in [0.29, 0.717) is 5.16 Å². The highest BCUT2D eigenvalue weighted by molar-refractivity contribution is 6.31. The molecule has 0 atom stereocenters. The summed E-state index contributed by atoms with van der Waals surface area (Å²) >= 11 is 6.07. The van der Waals surface area contributed by atoms with Crippen LogP contribution in [0.3, 0.4) is 0 Å². The summed E-state index contributed by atoms with van der Waals surface area (Å²) in [6.45, 7) is 3.81. The average Bonchev–Trinajstić information content (AvgIpc) is 2.27. The highest BCUT2D eigenvalue weighted by Crippen LogP contribution is 2.24. The van der Waals surface area contributed by atoms with Crippen LogP contribution in [0.15, 0.2) is 35.0 Å². The van der Waals surface area contributed by atoms with Crippen LogP contribution in [0.5, 0.6) is 0 Å². The van der Waals surface area contributed by atoms with Crippen LogP contribution >= 0.6 is 11.6 Å². The van der Waals surface area contributed by atoms with Crippen molar-refractivity contribution in [3.05, 3.63) is 45.1 Å². The largest absolute Gasteiger partial charge is 0.335 e. The number of anilines is 1. The van der Waals surface area contributed by atoms with Gasteiger partial charge >= 0.3 is 0 Å². The fourth-order valence-corrected chi connectivity index (χ4v) is 1.34. The van der Waals surface area contributed by atoms with Gasteiger partial charge in [0, 0.05) is 24.9 Å². The average molecular weight is 241 g/mol. The molecule has 16 heavy (non-hydrogen) atoms. The molecule has 4 nitrogen and oxygen atoms in total. The van der Waals surface area contributed by atoms with Crippen LogP contribution < -0.4 is 4.90 Å². The monoisotopic (exact) mass is 240 g/mol. The zero-order valence-electron chi connectivity index (χ0n) is 9.40. The van der Waals surface area contributed by atoms with Crippen LogP contribution in [0.1, 0.15) is 13.8 Å². The van der Waals surface area contributed by atoms with E-state index in [-0.39, 0.29) is 5.69 Å². The van der Waals surface area contributed by atoms with Crippen molar-refractivity contribution < 1.29 is 4.92 Å². The number of hydrogen-bond donors (Lipinski definition) is 0. The molecule has 0 fully saturated rings. The number of nitro benzene ring substituents is 1. The number of allylic oxidation sites excluding steroid dienone is 1. The molecule has 0 amide bonds.